The lowest BCUT2D eigenvalue weighted by Crippen LogP contribution is -2.31. The zero-order valence-electron chi connectivity index (χ0n) is 10.5. The van der Waals surface area contributed by atoms with Crippen molar-refractivity contribution < 1.29 is 23.1 Å². The number of hydrogen-bond acceptors (Lipinski definition) is 4. The van der Waals surface area contributed by atoms with Crippen molar-refractivity contribution in [3.63, 3.8) is 0 Å². The van der Waals surface area contributed by atoms with E-state index in [0.29, 0.717) is 0 Å². The number of nitrogens with one attached hydrogen (secondary N) is 2. The van der Waals surface area contributed by atoms with Crippen molar-refractivity contribution in [1.82, 2.24) is 5.32 Å². The molecule has 0 aromatic heterocycles. The van der Waals surface area contributed by atoms with Crippen LogP contribution in [0.5, 0.6) is 0 Å². The molecule has 9 heteroatoms. The minimum absolute atomic E-state index is 0.0350. The highest BCUT2D eigenvalue weighted by molar-refractivity contribution is 7.89. The van der Waals surface area contributed by atoms with Crippen LogP contribution in [-0.4, -0.2) is 37.8 Å². The van der Waals surface area contributed by atoms with E-state index in [4.69, 9.17) is 10.2 Å². The van der Waals surface area contributed by atoms with Gasteiger partial charge >= 0.3 is 12.0 Å². The first-order valence-electron chi connectivity index (χ1n) is 5.67. The average Bonchev–Trinajstić information content (AvgIpc) is 2.34. The summed E-state index contributed by atoms with van der Waals surface area (Å²) < 4.78 is 21.3. The number of hydrogen-bond donors (Lipinski definition) is 4. The van der Waals surface area contributed by atoms with Crippen LogP contribution in [0.1, 0.15) is 16.8 Å². The Balaban J connectivity index is 2.49. The third kappa shape index (κ3) is 5.67. The number of urea groups is 1. The van der Waals surface area contributed by atoms with Crippen LogP contribution in [-0.2, 0) is 10.0 Å². The highest BCUT2D eigenvalue weighted by Crippen LogP contribution is 2.14. The summed E-state index contributed by atoms with van der Waals surface area (Å²) in [6.45, 7) is 0.109. The number of carbonyl (C=O) groups is 2. The zero-order valence-corrected chi connectivity index (χ0v) is 11.3. The Morgan fingerprint density at radius 2 is 1.90 bits per heavy atom. The molecular formula is C11H15N3O5S. The number of rotatable bonds is 6. The van der Waals surface area contributed by atoms with Crippen LogP contribution >= 0.6 is 0 Å². The summed E-state index contributed by atoms with van der Waals surface area (Å²) in [5.74, 6) is -1.39. The minimum atomic E-state index is -3.55. The van der Waals surface area contributed by atoms with E-state index in [1.807, 2.05) is 0 Å². The Morgan fingerprint density at radius 1 is 1.25 bits per heavy atom. The van der Waals surface area contributed by atoms with Crippen molar-refractivity contribution in [2.45, 2.75) is 6.42 Å². The molecule has 1 rings (SSSR count). The van der Waals surface area contributed by atoms with Crippen molar-refractivity contribution in [3.05, 3.63) is 29.8 Å². The maximum absolute atomic E-state index is 11.5. The standard InChI is InChI=1S/C11H15N3O5S/c12-20(18,19)7-3-6-13-11(17)14-9-5-2-1-4-8(9)10(15)16/h1-2,4-5H,3,6-7H2,(H,15,16)(H2,12,18,19)(H2,13,14,17). The van der Waals surface area contributed by atoms with Gasteiger partial charge < -0.3 is 15.7 Å². The second-order valence-corrected chi connectivity index (χ2v) is 5.69. The largest absolute Gasteiger partial charge is 0.478 e. The van der Waals surface area contributed by atoms with Crippen LogP contribution in [0.3, 0.4) is 0 Å². The molecule has 0 aliphatic heterocycles. The third-order valence-corrected chi connectivity index (χ3v) is 3.15. The van der Waals surface area contributed by atoms with Gasteiger partial charge in [0.25, 0.3) is 0 Å². The molecule has 0 aliphatic rings. The normalized spacial score (nSPS) is 10.8. The van der Waals surface area contributed by atoms with Crippen molar-refractivity contribution in [1.29, 1.82) is 0 Å². The van der Waals surface area contributed by atoms with Crippen molar-refractivity contribution in [3.8, 4) is 0 Å². The van der Waals surface area contributed by atoms with E-state index in [-0.39, 0.29) is 30.0 Å². The fourth-order valence-corrected chi connectivity index (χ4v) is 1.97. The predicted molar refractivity (Wildman–Crippen MR) is 73.0 cm³/mol. The fourth-order valence-electron chi connectivity index (χ4n) is 1.42. The fraction of sp³-hybridized carbons (Fsp3) is 0.273. The van der Waals surface area contributed by atoms with Crippen molar-refractivity contribution in [2.75, 3.05) is 17.6 Å². The van der Waals surface area contributed by atoms with Gasteiger partial charge in [-0.05, 0) is 18.6 Å². The number of primary sulfonamides is 1. The summed E-state index contributed by atoms with van der Waals surface area (Å²) in [6, 6.07) is 5.32. The summed E-state index contributed by atoms with van der Waals surface area (Å²) in [6.07, 6.45) is 0.173. The quantitative estimate of drug-likeness (QED) is 0.555. The zero-order chi connectivity index (χ0) is 15.2. The van der Waals surface area contributed by atoms with Gasteiger partial charge in [0.1, 0.15) is 0 Å². The molecule has 0 atom stereocenters. The van der Waals surface area contributed by atoms with Crippen molar-refractivity contribution in [2.24, 2.45) is 5.14 Å². The first kappa shape index (κ1) is 15.9. The van der Waals surface area contributed by atoms with E-state index in [2.05, 4.69) is 10.6 Å². The number of anilines is 1. The SMILES string of the molecule is NS(=O)(=O)CCCNC(=O)Nc1ccccc1C(=O)O. The van der Waals surface area contributed by atoms with Gasteiger partial charge in [0, 0.05) is 6.54 Å². The molecule has 5 N–H and O–H groups in total. The molecule has 0 spiro atoms. The highest BCUT2D eigenvalue weighted by Gasteiger charge is 2.11. The van der Waals surface area contributed by atoms with Gasteiger partial charge in [0.05, 0.1) is 17.0 Å². The summed E-state index contributed by atoms with van der Waals surface area (Å²) in [4.78, 5) is 22.4. The molecule has 0 aliphatic carbocycles. The third-order valence-electron chi connectivity index (χ3n) is 2.30. The van der Waals surface area contributed by atoms with Crippen LogP contribution in [0.4, 0.5) is 10.5 Å². The number of sulfonamides is 1. The number of aromatic carboxylic acids is 1. The monoisotopic (exact) mass is 301 g/mol. The van der Waals surface area contributed by atoms with Crippen LogP contribution < -0.4 is 15.8 Å². The molecule has 2 amide bonds. The van der Waals surface area contributed by atoms with E-state index in [0.717, 1.165) is 0 Å². The van der Waals surface area contributed by atoms with Gasteiger partial charge in [-0.25, -0.2) is 23.1 Å². The molecule has 0 bridgehead atoms. The molecule has 1 aromatic rings. The van der Waals surface area contributed by atoms with Gasteiger partial charge in [-0.3, -0.25) is 0 Å². The molecule has 0 unspecified atom stereocenters. The molecule has 0 radical (unpaired) electrons. The number of carbonyl (C=O) groups excluding carboxylic acids is 1. The number of nitrogens with two attached hydrogens (primary N) is 1. The summed E-state index contributed by atoms with van der Waals surface area (Å²) in [7, 11) is -3.55. The van der Waals surface area contributed by atoms with Gasteiger partial charge in [-0.2, -0.15) is 0 Å². The number of benzene rings is 1. The van der Waals surface area contributed by atoms with Crippen LogP contribution in [0, 0.1) is 0 Å². The molecule has 8 nitrogen and oxygen atoms in total. The highest BCUT2D eigenvalue weighted by atomic mass is 32.2. The van der Waals surface area contributed by atoms with Gasteiger partial charge in [0.2, 0.25) is 10.0 Å². The lowest BCUT2D eigenvalue weighted by Gasteiger charge is -2.09. The van der Waals surface area contributed by atoms with Crippen LogP contribution in [0.2, 0.25) is 0 Å². The molecule has 0 heterocycles. The Labute approximate surface area is 116 Å². The predicted octanol–water partition coefficient (Wildman–Crippen LogP) is 0.185. The number of carboxylic acid groups (broad SMARTS) is 1. The van der Waals surface area contributed by atoms with E-state index in [1.54, 1.807) is 12.1 Å². The average molecular weight is 301 g/mol. The van der Waals surface area contributed by atoms with E-state index in [9.17, 15) is 18.0 Å². The number of carboxylic acids is 1. The maximum atomic E-state index is 11.5. The van der Waals surface area contributed by atoms with E-state index >= 15 is 0 Å². The summed E-state index contributed by atoms with van der Waals surface area (Å²) in [5.41, 5.74) is 0.121. The molecule has 0 saturated carbocycles. The maximum Gasteiger partial charge on any atom is 0.337 e. The lowest BCUT2D eigenvalue weighted by molar-refractivity contribution is 0.0698. The number of amides is 2. The topological polar surface area (TPSA) is 139 Å². The van der Waals surface area contributed by atoms with Gasteiger partial charge in [-0.15, -0.1) is 0 Å². The smallest absolute Gasteiger partial charge is 0.337 e. The lowest BCUT2D eigenvalue weighted by atomic mass is 10.2. The number of para-hydroxylation sites is 1. The Kier molecular flexibility index (Phi) is 5.47. The van der Waals surface area contributed by atoms with Crippen molar-refractivity contribution >= 4 is 27.7 Å². The molecule has 0 fully saturated rings. The van der Waals surface area contributed by atoms with Gasteiger partial charge in [0.15, 0.2) is 0 Å². The van der Waals surface area contributed by atoms with E-state index < -0.39 is 22.0 Å². The molecule has 1 aromatic carbocycles. The first-order chi connectivity index (χ1) is 9.29. The molecular weight excluding hydrogens is 286 g/mol. The Morgan fingerprint density at radius 3 is 2.50 bits per heavy atom. The Bertz CT molecular complexity index is 600. The summed E-state index contributed by atoms with van der Waals surface area (Å²) in [5, 5.41) is 18.5. The minimum Gasteiger partial charge on any atom is -0.478 e. The molecule has 0 saturated heterocycles. The van der Waals surface area contributed by atoms with Gasteiger partial charge in [-0.1, -0.05) is 12.1 Å². The second kappa shape index (κ2) is 6.87. The van der Waals surface area contributed by atoms with Crippen LogP contribution in [0.15, 0.2) is 24.3 Å². The molecule has 110 valence electrons. The summed E-state index contributed by atoms with van der Waals surface area (Å²) >= 11 is 0. The van der Waals surface area contributed by atoms with E-state index in [1.165, 1.54) is 12.1 Å². The molecule has 20 heavy (non-hydrogen) atoms. The second-order valence-electron chi connectivity index (χ2n) is 3.95. The van der Waals surface area contributed by atoms with Crippen LogP contribution in [0.25, 0.3) is 0 Å². The first-order valence-corrected chi connectivity index (χ1v) is 7.39. The Hall–Kier alpha value is -2.13.